The van der Waals surface area contributed by atoms with E-state index in [0.29, 0.717) is 12.8 Å². The van der Waals surface area contributed by atoms with Gasteiger partial charge in [-0.05, 0) is 81.0 Å². The summed E-state index contributed by atoms with van der Waals surface area (Å²) in [6, 6.07) is 0. The van der Waals surface area contributed by atoms with Crippen LogP contribution in [0.25, 0.3) is 0 Å². The molecule has 0 unspecified atom stereocenters. The van der Waals surface area contributed by atoms with Crippen molar-refractivity contribution in [1.82, 2.24) is 0 Å². The summed E-state index contributed by atoms with van der Waals surface area (Å²) in [5.41, 5.74) is -1.72. The van der Waals surface area contributed by atoms with Gasteiger partial charge in [0, 0.05) is 18.3 Å². The van der Waals surface area contributed by atoms with Gasteiger partial charge in [-0.15, -0.1) is 0 Å². The summed E-state index contributed by atoms with van der Waals surface area (Å²) in [6.45, 7) is 5.49. The molecule has 0 heterocycles. The highest BCUT2D eigenvalue weighted by atomic mass is 19.1. The summed E-state index contributed by atoms with van der Waals surface area (Å²) in [4.78, 5) is 23.9. The molecule has 4 nitrogen and oxygen atoms in total. The maximum atomic E-state index is 16.8. The smallest absolute Gasteiger partial charge is 0.303 e. The third-order valence-electron chi connectivity index (χ3n) is 9.55. The molecule has 0 aromatic carbocycles. The zero-order valence-corrected chi connectivity index (χ0v) is 17.5. The SMILES string of the molecule is CC(=O)OCC(=O)[C@H]1CC[C@H]2[C@@H]3CC[C@H]4C[C@H](O)CC[C@]4(C)[C@@]3(F)CC[C@]12C. The molecule has 28 heavy (non-hydrogen) atoms. The number of Topliss-reactive ketones (excluding diaryl/α,β-unsaturated/α-hetero) is 1. The van der Waals surface area contributed by atoms with Crippen molar-refractivity contribution in [1.29, 1.82) is 0 Å². The van der Waals surface area contributed by atoms with Crippen LogP contribution in [0.4, 0.5) is 4.39 Å². The molecule has 0 bridgehead atoms. The molecule has 4 rings (SSSR count). The molecule has 158 valence electrons. The number of hydrogen-bond donors (Lipinski definition) is 1. The molecular weight excluding hydrogens is 359 g/mol. The molecule has 4 fully saturated rings. The molecule has 5 heteroatoms. The van der Waals surface area contributed by atoms with E-state index in [1.165, 1.54) is 6.92 Å². The Hall–Kier alpha value is -0.970. The molecular formula is C23H35FO4. The molecule has 0 radical (unpaired) electrons. The fourth-order valence-corrected chi connectivity index (χ4v) is 7.92. The molecule has 8 atom stereocenters. The van der Waals surface area contributed by atoms with E-state index in [0.717, 1.165) is 44.9 Å². The Balaban J connectivity index is 1.57. The largest absolute Gasteiger partial charge is 0.458 e. The highest BCUT2D eigenvalue weighted by Crippen LogP contribution is 2.70. The average Bonchev–Trinajstić information content (AvgIpc) is 2.98. The van der Waals surface area contributed by atoms with Crippen molar-refractivity contribution in [2.24, 2.45) is 34.5 Å². The number of aliphatic hydroxyl groups excluding tert-OH is 1. The van der Waals surface area contributed by atoms with E-state index in [1.54, 1.807) is 0 Å². The van der Waals surface area contributed by atoms with Crippen LogP contribution in [0.15, 0.2) is 0 Å². The minimum absolute atomic E-state index is 0.00671. The first-order chi connectivity index (χ1) is 13.1. The van der Waals surface area contributed by atoms with Crippen molar-refractivity contribution in [3.63, 3.8) is 0 Å². The molecule has 1 N–H and O–H groups in total. The number of aliphatic hydroxyl groups is 1. The van der Waals surface area contributed by atoms with Crippen LogP contribution in [-0.4, -0.2) is 35.2 Å². The second-order valence-corrected chi connectivity index (χ2v) is 10.6. The zero-order chi connectivity index (χ0) is 20.3. The fourth-order valence-electron chi connectivity index (χ4n) is 7.92. The number of alkyl halides is 1. The van der Waals surface area contributed by atoms with Gasteiger partial charge < -0.3 is 9.84 Å². The molecule has 4 aliphatic rings. The molecule has 0 amide bonds. The van der Waals surface area contributed by atoms with E-state index in [-0.39, 0.29) is 53.0 Å². The first kappa shape index (κ1) is 20.3. The Bertz CT molecular complexity index is 665. The Morgan fingerprint density at radius 1 is 1.04 bits per heavy atom. The lowest BCUT2D eigenvalue weighted by atomic mass is 9.43. The summed E-state index contributed by atoms with van der Waals surface area (Å²) in [5.74, 6) is -0.0429. The van der Waals surface area contributed by atoms with Crippen molar-refractivity contribution in [3.8, 4) is 0 Å². The molecule has 4 aliphatic carbocycles. The average molecular weight is 395 g/mol. The monoisotopic (exact) mass is 394 g/mol. The van der Waals surface area contributed by atoms with Gasteiger partial charge in [-0.25, -0.2) is 4.39 Å². The topological polar surface area (TPSA) is 63.6 Å². The van der Waals surface area contributed by atoms with Crippen LogP contribution in [-0.2, 0) is 14.3 Å². The van der Waals surface area contributed by atoms with Crippen LogP contribution in [0.3, 0.4) is 0 Å². The number of fused-ring (bicyclic) bond motifs is 5. The predicted octanol–water partition coefficient (Wildman–Crippen LogP) is 4.23. The van der Waals surface area contributed by atoms with Crippen molar-refractivity contribution in [3.05, 3.63) is 0 Å². The van der Waals surface area contributed by atoms with E-state index in [4.69, 9.17) is 4.74 Å². The number of carbonyl (C=O) groups is 2. The maximum Gasteiger partial charge on any atom is 0.303 e. The quantitative estimate of drug-likeness (QED) is 0.728. The lowest BCUT2D eigenvalue weighted by molar-refractivity contribution is -0.202. The third kappa shape index (κ3) is 2.79. The van der Waals surface area contributed by atoms with Crippen molar-refractivity contribution in [2.45, 2.75) is 90.3 Å². The summed E-state index contributed by atoms with van der Waals surface area (Å²) in [7, 11) is 0. The molecule has 0 saturated heterocycles. The van der Waals surface area contributed by atoms with E-state index in [2.05, 4.69) is 13.8 Å². The van der Waals surface area contributed by atoms with Gasteiger partial charge in [0.2, 0.25) is 0 Å². The lowest BCUT2D eigenvalue weighted by Crippen LogP contribution is -2.63. The summed E-state index contributed by atoms with van der Waals surface area (Å²) in [5, 5.41) is 10.1. The second-order valence-electron chi connectivity index (χ2n) is 10.6. The number of esters is 1. The Morgan fingerprint density at radius 2 is 1.75 bits per heavy atom. The van der Waals surface area contributed by atoms with E-state index in [9.17, 15) is 14.7 Å². The predicted molar refractivity (Wildman–Crippen MR) is 103 cm³/mol. The van der Waals surface area contributed by atoms with E-state index >= 15 is 4.39 Å². The standard InChI is InChI=1S/C23H35FO4/c1-14(25)28-13-20(27)19-7-6-17-18-5-4-15-12-16(26)8-9-22(15,3)23(18,24)11-10-21(17,19)2/h15-19,26H,4-13H2,1-3H3/t15-,16+,17-,18-,19+,21-,22-,23+/m0/s1. The van der Waals surface area contributed by atoms with Crippen LogP contribution < -0.4 is 0 Å². The molecule has 0 aromatic heterocycles. The Labute approximate surface area is 167 Å². The second kappa shape index (κ2) is 6.78. The number of hydrogen-bond acceptors (Lipinski definition) is 4. The number of halogens is 1. The van der Waals surface area contributed by atoms with Crippen LogP contribution in [0.1, 0.15) is 78.6 Å². The van der Waals surface area contributed by atoms with Crippen molar-refractivity contribution < 1.29 is 23.8 Å². The van der Waals surface area contributed by atoms with Crippen molar-refractivity contribution in [2.75, 3.05) is 6.61 Å². The van der Waals surface area contributed by atoms with Gasteiger partial charge in [-0.3, -0.25) is 9.59 Å². The highest BCUT2D eigenvalue weighted by Gasteiger charge is 2.68. The van der Waals surface area contributed by atoms with Gasteiger partial charge in [0.25, 0.3) is 0 Å². The minimum Gasteiger partial charge on any atom is -0.458 e. The van der Waals surface area contributed by atoms with Crippen molar-refractivity contribution >= 4 is 11.8 Å². The fraction of sp³-hybridized carbons (Fsp3) is 0.913. The van der Waals surface area contributed by atoms with Gasteiger partial charge in [0.05, 0.1) is 6.10 Å². The normalized spacial score (nSPS) is 50.2. The Morgan fingerprint density at radius 3 is 2.46 bits per heavy atom. The highest BCUT2D eigenvalue weighted by molar-refractivity contribution is 5.85. The first-order valence-electron chi connectivity index (χ1n) is 11.1. The molecule has 0 spiro atoms. The van der Waals surface area contributed by atoms with Crippen LogP contribution in [0, 0.1) is 34.5 Å². The van der Waals surface area contributed by atoms with Crippen LogP contribution in [0.5, 0.6) is 0 Å². The van der Waals surface area contributed by atoms with Crippen LogP contribution >= 0.6 is 0 Å². The van der Waals surface area contributed by atoms with Gasteiger partial charge in [0.15, 0.2) is 5.78 Å². The molecule has 0 aliphatic heterocycles. The molecule has 4 saturated carbocycles. The first-order valence-corrected chi connectivity index (χ1v) is 11.1. The number of rotatable bonds is 3. The lowest BCUT2D eigenvalue weighted by Gasteiger charge is -2.63. The minimum atomic E-state index is -1.19. The zero-order valence-electron chi connectivity index (χ0n) is 17.5. The van der Waals surface area contributed by atoms with Gasteiger partial charge >= 0.3 is 5.97 Å². The Kier molecular flexibility index (Phi) is 4.92. The van der Waals surface area contributed by atoms with Gasteiger partial charge in [-0.2, -0.15) is 0 Å². The van der Waals surface area contributed by atoms with Crippen LogP contribution in [0.2, 0.25) is 0 Å². The summed E-state index contributed by atoms with van der Waals surface area (Å²) in [6.07, 6.45) is 6.72. The van der Waals surface area contributed by atoms with Gasteiger partial charge in [0.1, 0.15) is 12.3 Å². The summed E-state index contributed by atoms with van der Waals surface area (Å²) >= 11 is 0. The third-order valence-corrected chi connectivity index (χ3v) is 9.55. The number of ether oxygens (including phenoxy) is 1. The molecule has 0 aromatic rings. The summed E-state index contributed by atoms with van der Waals surface area (Å²) < 4.78 is 21.8. The number of carbonyl (C=O) groups excluding carboxylic acids is 2. The van der Waals surface area contributed by atoms with Gasteiger partial charge in [-0.1, -0.05) is 13.8 Å². The van der Waals surface area contributed by atoms with E-state index < -0.39 is 11.6 Å². The maximum absolute atomic E-state index is 16.8. The van der Waals surface area contributed by atoms with E-state index in [1.807, 2.05) is 0 Å². The number of ketones is 1.